The third-order valence-electron chi connectivity index (χ3n) is 5.40. The van der Waals surface area contributed by atoms with E-state index in [9.17, 15) is 43.5 Å². The van der Waals surface area contributed by atoms with Gasteiger partial charge in [-0.3, -0.25) is 23.4 Å². The van der Waals surface area contributed by atoms with Gasteiger partial charge in [-0.25, -0.2) is 18.7 Å². The van der Waals surface area contributed by atoms with Crippen LogP contribution >= 0.6 is 15.6 Å². The normalized spacial score (nSPS) is 34.4. The molecule has 0 saturated carbocycles. The second-order valence-corrected chi connectivity index (χ2v) is 11.0. The summed E-state index contributed by atoms with van der Waals surface area (Å²) in [6.45, 7) is 1.79. The zero-order valence-electron chi connectivity index (χ0n) is 18.2. The Bertz CT molecular complexity index is 1180. The Labute approximate surface area is 196 Å². The van der Waals surface area contributed by atoms with E-state index in [1.165, 1.54) is 20.0 Å². The molecule has 3 heterocycles. The van der Waals surface area contributed by atoms with Crippen molar-refractivity contribution >= 4 is 21.6 Å². The van der Waals surface area contributed by atoms with Gasteiger partial charge >= 0.3 is 27.3 Å². The van der Waals surface area contributed by atoms with Crippen LogP contribution < -0.4 is 11.2 Å². The van der Waals surface area contributed by atoms with Gasteiger partial charge in [-0.15, -0.1) is 0 Å². The van der Waals surface area contributed by atoms with Crippen molar-refractivity contribution < 1.29 is 61.9 Å². The number of hydrogen-bond donors (Lipinski definition) is 6. The zero-order chi connectivity index (χ0) is 26.3. The number of phosphoric acid groups is 2. The summed E-state index contributed by atoms with van der Waals surface area (Å²) >= 11 is 0. The molecule has 1 aromatic heterocycles. The van der Waals surface area contributed by atoms with Crippen LogP contribution in [0.5, 0.6) is 0 Å². The predicted octanol–water partition coefficient (Wildman–Crippen LogP) is -1.31. The van der Waals surface area contributed by atoms with Gasteiger partial charge < -0.3 is 34.6 Å². The van der Waals surface area contributed by atoms with Crippen LogP contribution in [-0.4, -0.2) is 77.4 Å². The molecule has 3 rings (SSSR count). The lowest BCUT2D eigenvalue weighted by Gasteiger charge is -2.21. The fourth-order valence-corrected chi connectivity index (χ4v) is 5.60. The first kappa shape index (κ1) is 27.8. The van der Waals surface area contributed by atoms with E-state index in [2.05, 4.69) is 18.3 Å². The van der Waals surface area contributed by atoms with Crippen molar-refractivity contribution in [2.24, 2.45) is 0 Å². The third kappa shape index (κ3) is 6.34. The molecule has 35 heavy (non-hydrogen) atoms. The Morgan fingerprint density at radius 2 is 1.94 bits per heavy atom. The fraction of sp³-hybridized carbons (Fsp3) is 0.688. The Morgan fingerprint density at radius 3 is 2.54 bits per heavy atom. The number of nitrogens with zero attached hydrogens (tertiary/aromatic N) is 1. The third-order valence-corrected chi connectivity index (χ3v) is 8.02. The maximum absolute atomic E-state index is 12.1. The lowest BCUT2D eigenvalue weighted by atomic mass is 9.97. The monoisotopic (exact) mass is 546 g/mol. The Kier molecular flexibility index (Phi) is 7.91. The number of aliphatic hydroxyl groups excluding tert-OH is 1. The van der Waals surface area contributed by atoms with E-state index >= 15 is 0 Å². The first-order valence-electron chi connectivity index (χ1n) is 10.00. The molecule has 0 aliphatic carbocycles. The number of hydrogen-bond acceptors (Lipinski definition) is 12. The molecule has 8 atom stereocenters. The van der Waals surface area contributed by atoms with E-state index in [1.807, 2.05) is 0 Å². The molecule has 0 aromatic carbocycles. The number of carbonyl (C=O) groups is 1. The average molecular weight is 546 g/mol. The number of carboxylic acid groups (broad SMARTS) is 1. The number of aliphatic carboxylic acids is 1. The van der Waals surface area contributed by atoms with Gasteiger partial charge in [0, 0.05) is 24.6 Å². The number of aromatic nitrogens is 2. The van der Waals surface area contributed by atoms with Gasteiger partial charge in [0.05, 0.1) is 18.8 Å². The highest BCUT2D eigenvalue weighted by atomic mass is 31.3. The summed E-state index contributed by atoms with van der Waals surface area (Å²) in [6, 6.07) is 0. The van der Waals surface area contributed by atoms with Crippen LogP contribution in [0.15, 0.2) is 15.8 Å². The van der Waals surface area contributed by atoms with Crippen LogP contribution in [0.4, 0.5) is 0 Å². The second kappa shape index (κ2) is 9.95. The maximum atomic E-state index is 12.1. The molecule has 0 radical (unpaired) electrons. The number of H-pyrrole nitrogens is 1. The van der Waals surface area contributed by atoms with Gasteiger partial charge in [-0.2, -0.15) is 4.31 Å². The fourth-order valence-electron chi connectivity index (χ4n) is 3.46. The van der Waals surface area contributed by atoms with E-state index in [1.54, 1.807) is 0 Å². The summed E-state index contributed by atoms with van der Waals surface area (Å²) in [6.07, 6.45) is -6.44. The predicted molar refractivity (Wildman–Crippen MR) is 110 cm³/mol. The van der Waals surface area contributed by atoms with Crippen molar-refractivity contribution in [3.05, 3.63) is 32.6 Å². The molecule has 0 spiro atoms. The van der Waals surface area contributed by atoms with E-state index in [0.717, 1.165) is 4.57 Å². The number of rotatable bonds is 9. The highest BCUT2D eigenvalue weighted by Gasteiger charge is 2.54. The van der Waals surface area contributed by atoms with Gasteiger partial charge in [0.15, 0.2) is 11.9 Å². The lowest BCUT2D eigenvalue weighted by Crippen LogP contribution is -2.44. The summed E-state index contributed by atoms with van der Waals surface area (Å²) in [4.78, 5) is 56.3. The van der Waals surface area contributed by atoms with E-state index < -0.39 is 82.3 Å². The molecule has 2 fully saturated rings. The van der Waals surface area contributed by atoms with Gasteiger partial charge in [0.2, 0.25) is 0 Å². The van der Waals surface area contributed by atoms with Crippen LogP contribution in [0.3, 0.4) is 0 Å². The minimum Gasteiger partial charge on any atom is -0.479 e. The van der Waals surface area contributed by atoms with Gasteiger partial charge in [0.1, 0.15) is 12.3 Å². The molecule has 2 unspecified atom stereocenters. The van der Waals surface area contributed by atoms with Crippen LogP contribution in [-0.2, 0) is 36.8 Å². The van der Waals surface area contributed by atoms with E-state index in [0.29, 0.717) is 0 Å². The molecule has 0 bridgehead atoms. The molecule has 2 aliphatic heterocycles. The summed E-state index contributed by atoms with van der Waals surface area (Å²) in [5.41, 5.74) is -3.66. The standard InChI is InChI=1S/C16H24N2O15P2/c1-7-5-18(15(23)17-13(7)20)11-3-9(19)10(31-11)6-29-34(25,26)33-35(27,28)32-12-4-16(24,14(21)22)8(2)30-12/h5,8-12,19,24H,3-4,6H2,1-2H3,(H,21,22)(H,25,26)(H,27,28)(H,17,20,23)/t8-,9-,10+,11+,12+,16+/m0/s1. The number of ether oxygens (including phenoxy) is 2. The van der Waals surface area contributed by atoms with Crippen LogP contribution in [0.2, 0.25) is 0 Å². The van der Waals surface area contributed by atoms with Gasteiger partial charge in [-0.05, 0) is 13.8 Å². The molecule has 198 valence electrons. The molecule has 19 heteroatoms. The zero-order valence-corrected chi connectivity index (χ0v) is 20.0. The topological polar surface area (TPSA) is 253 Å². The Balaban J connectivity index is 1.58. The smallest absolute Gasteiger partial charge is 0.479 e. The van der Waals surface area contributed by atoms with Crippen LogP contribution in [0.25, 0.3) is 0 Å². The summed E-state index contributed by atoms with van der Waals surface area (Å²) in [7, 11) is -10.7. The highest BCUT2D eigenvalue weighted by Crippen LogP contribution is 2.61. The first-order chi connectivity index (χ1) is 16.0. The lowest BCUT2D eigenvalue weighted by molar-refractivity contribution is -0.163. The largest absolute Gasteiger partial charge is 0.483 e. The minimum absolute atomic E-state index is 0.151. The van der Waals surface area contributed by atoms with E-state index in [4.69, 9.17) is 14.6 Å². The number of nitrogens with one attached hydrogen (secondary N) is 1. The Hall–Kier alpha value is -1.75. The van der Waals surface area contributed by atoms with Crippen molar-refractivity contribution in [1.29, 1.82) is 0 Å². The van der Waals surface area contributed by atoms with E-state index in [-0.39, 0.29) is 12.0 Å². The first-order valence-corrected chi connectivity index (χ1v) is 13.0. The molecule has 1 aromatic rings. The Morgan fingerprint density at radius 1 is 1.29 bits per heavy atom. The molecule has 2 saturated heterocycles. The number of aryl methyl sites for hydroxylation is 1. The number of carboxylic acids is 1. The maximum Gasteiger partial charge on any atom is 0.483 e. The summed E-state index contributed by atoms with van der Waals surface area (Å²) in [5.74, 6) is -1.67. The van der Waals surface area contributed by atoms with Crippen molar-refractivity contribution in [3.63, 3.8) is 0 Å². The van der Waals surface area contributed by atoms with Crippen LogP contribution in [0, 0.1) is 6.92 Å². The summed E-state index contributed by atoms with van der Waals surface area (Å²) < 4.78 is 48.9. The number of phosphoric ester groups is 2. The molecular formula is C16H24N2O15P2. The summed E-state index contributed by atoms with van der Waals surface area (Å²) in [5, 5.41) is 29.2. The number of aromatic amines is 1. The van der Waals surface area contributed by atoms with Crippen molar-refractivity contribution in [1.82, 2.24) is 9.55 Å². The molecule has 6 N–H and O–H groups in total. The highest BCUT2D eigenvalue weighted by molar-refractivity contribution is 7.61. The molecule has 2 aliphatic rings. The minimum atomic E-state index is -5.38. The van der Waals surface area contributed by atoms with Gasteiger partial charge in [0.25, 0.3) is 5.56 Å². The van der Waals surface area contributed by atoms with Crippen LogP contribution in [0.1, 0.15) is 31.6 Å². The van der Waals surface area contributed by atoms with Crippen molar-refractivity contribution in [2.45, 2.75) is 63.1 Å². The SMILES string of the molecule is Cc1cn([C@H]2C[C@H](O)[C@@H](COP(=O)(O)OP(=O)(O)O[C@@H]3C[C@](O)(C(=O)O)[C@H](C)O3)O2)c(=O)[nH]c1=O. The quantitative estimate of drug-likeness (QED) is 0.197. The van der Waals surface area contributed by atoms with Gasteiger partial charge in [-0.1, -0.05) is 0 Å². The number of aliphatic hydroxyl groups is 2. The second-order valence-electron chi connectivity index (χ2n) is 7.97. The van der Waals surface area contributed by atoms with Crippen molar-refractivity contribution in [3.8, 4) is 0 Å². The van der Waals surface area contributed by atoms with Crippen molar-refractivity contribution in [2.75, 3.05) is 6.61 Å². The molecular weight excluding hydrogens is 522 g/mol. The molecule has 17 nitrogen and oxygen atoms in total. The average Bonchev–Trinajstić information content (AvgIpc) is 3.21. The molecule has 0 amide bonds.